The Morgan fingerprint density at radius 2 is 1.71 bits per heavy atom. The molecule has 0 saturated heterocycles. The third-order valence-electron chi connectivity index (χ3n) is 4.16. The van der Waals surface area contributed by atoms with Crippen molar-refractivity contribution in [3.63, 3.8) is 0 Å². The summed E-state index contributed by atoms with van der Waals surface area (Å²) < 4.78 is 0. The van der Waals surface area contributed by atoms with Crippen molar-refractivity contribution in [1.29, 1.82) is 0 Å². The number of benzene rings is 1. The molecule has 8 heteroatoms. The highest BCUT2D eigenvalue weighted by Gasteiger charge is 2.37. The lowest BCUT2D eigenvalue weighted by Gasteiger charge is -2.29. The van der Waals surface area contributed by atoms with Crippen molar-refractivity contribution in [3.05, 3.63) is 89.4 Å². The van der Waals surface area contributed by atoms with Crippen LogP contribution >= 0.6 is 11.8 Å². The van der Waals surface area contributed by atoms with Crippen LogP contribution in [0.3, 0.4) is 0 Å². The summed E-state index contributed by atoms with van der Waals surface area (Å²) >= 11 is 1.34. The second-order valence-corrected chi connectivity index (χ2v) is 7.15. The molecule has 3 heterocycles. The summed E-state index contributed by atoms with van der Waals surface area (Å²) in [4.78, 5) is 27.7. The molecule has 1 aromatic carbocycles. The van der Waals surface area contributed by atoms with Gasteiger partial charge < -0.3 is 16.0 Å². The van der Waals surface area contributed by atoms with Crippen molar-refractivity contribution in [2.45, 2.75) is 12.0 Å². The fourth-order valence-corrected chi connectivity index (χ4v) is 4.10. The first-order chi connectivity index (χ1) is 13.7. The molecule has 1 aliphatic heterocycles. The minimum Gasteiger partial charge on any atom is -0.365 e. The molecule has 0 radical (unpaired) electrons. The molecule has 3 aromatic rings. The van der Waals surface area contributed by atoms with Crippen molar-refractivity contribution < 1.29 is 4.79 Å². The number of anilines is 1. The van der Waals surface area contributed by atoms with Crippen molar-refractivity contribution in [2.24, 2.45) is 5.73 Å². The van der Waals surface area contributed by atoms with E-state index in [1.807, 2.05) is 48.5 Å². The smallest absolute Gasteiger partial charge is 0.257 e. The molecule has 0 saturated carbocycles. The monoisotopic (exact) mass is 390 g/mol. The highest BCUT2D eigenvalue weighted by molar-refractivity contribution is 8.05. The van der Waals surface area contributed by atoms with E-state index in [-0.39, 0.29) is 5.50 Å². The van der Waals surface area contributed by atoms with Gasteiger partial charge in [0.25, 0.3) is 5.91 Å². The molecule has 0 aliphatic carbocycles. The van der Waals surface area contributed by atoms with E-state index in [1.165, 1.54) is 11.8 Å². The Hall–Kier alpha value is -3.39. The third kappa shape index (κ3) is 3.81. The number of hydrogen-bond acceptors (Lipinski definition) is 7. The summed E-state index contributed by atoms with van der Waals surface area (Å²) in [5.41, 5.74) is 7.90. The van der Waals surface area contributed by atoms with Crippen LogP contribution < -0.4 is 11.1 Å². The van der Waals surface area contributed by atoms with Crippen molar-refractivity contribution in [2.75, 3.05) is 5.32 Å². The summed E-state index contributed by atoms with van der Waals surface area (Å²) in [6.45, 7) is 0.570. The SMILES string of the molecule is NC(=O)C1=C(c2ccccn2)N(Cc2ccccc2)C(Nc2ncccn2)S1. The van der Waals surface area contributed by atoms with Gasteiger partial charge in [-0.15, -0.1) is 0 Å². The van der Waals surface area contributed by atoms with Gasteiger partial charge in [0.05, 0.1) is 11.4 Å². The van der Waals surface area contributed by atoms with Crippen LogP contribution in [0.5, 0.6) is 0 Å². The Balaban J connectivity index is 1.74. The minimum absolute atomic E-state index is 0.304. The molecular weight excluding hydrogens is 372 g/mol. The van der Waals surface area contributed by atoms with E-state index in [1.54, 1.807) is 24.7 Å². The van der Waals surface area contributed by atoms with Crippen LogP contribution in [0, 0.1) is 0 Å². The zero-order valence-corrected chi connectivity index (χ0v) is 15.7. The number of hydrogen-bond donors (Lipinski definition) is 2. The topological polar surface area (TPSA) is 97.0 Å². The summed E-state index contributed by atoms with van der Waals surface area (Å²) in [6, 6.07) is 17.4. The molecule has 28 heavy (non-hydrogen) atoms. The van der Waals surface area contributed by atoms with Gasteiger partial charge in [-0.2, -0.15) is 0 Å². The van der Waals surface area contributed by atoms with Crippen LogP contribution in [0.1, 0.15) is 11.3 Å². The maximum absolute atomic E-state index is 12.2. The highest BCUT2D eigenvalue weighted by Crippen LogP contribution is 2.43. The first-order valence-electron chi connectivity index (χ1n) is 8.68. The lowest BCUT2D eigenvalue weighted by Crippen LogP contribution is -2.34. The molecule has 0 fully saturated rings. The molecule has 3 N–H and O–H groups in total. The average Bonchev–Trinajstić information content (AvgIpc) is 3.08. The van der Waals surface area contributed by atoms with Crippen LogP contribution in [0.15, 0.2) is 78.1 Å². The third-order valence-corrected chi connectivity index (χ3v) is 5.39. The number of rotatable bonds is 6. The van der Waals surface area contributed by atoms with Gasteiger partial charge in [-0.25, -0.2) is 9.97 Å². The first-order valence-corrected chi connectivity index (χ1v) is 9.56. The number of aromatic nitrogens is 3. The number of thioether (sulfide) groups is 1. The Morgan fingerprint density at radius 1 is 1.00 bits per heavy atom. The summed E-state index contributed by atoms with van der Waals surface area (Å²) in [7, 11) is 0. The highest BCUT2D eigenvalue weighted by atomic mass is 32.2. The summed E-state index contributed by atoms with van der Waals surface area (Å²) in [5, 5.41) is 3.29. The predicted molar refractivity (Wildman–Crippen MR) is 109 cm³/mol. The van der Waals surface area contributed by atoms with E-state index >= 15 is 0 Å². The largest absolute Gasteiger partial charge is 0.365 e. The van der Waals surface area contributed by atoms with Crippen LogP contribution in [-0.4, -0.2) is 31.3 Å². The maximum Gasteiger partial charge on any atom is 0.257 e. The fourth-order valence-electron chi connectivity index (χ4n) is 2.95. The van der Waals surface area contributed by atoms with Gasteiger partial charge in [-0.3, -0.25) is 9.78 Å². The van der Waals surface area contributed by atoms with Crippen LogP contribution in [0.25, 0.3) is 5.70 Å². The Bertz CT molecular complexity index is 981. The molecule has 1 atom stereocenters. The van der Waals surface area contributed by atoms with Crippen LogP contribution in [0.4, 0.5) is 5.95 Å². The van der Waals surface area contributed by atoms with Gasteiger partial charge in [0.15, 0.2) is 5.50 Å². The molecule has 2 aromatic heterocycles. The Morgan fingerprint density at radius 3 is 2.39 bits per heavy atom. The molecule has 4 rings (SSSR count). The second-order valence-electron chi connectivity index (χ2n) is 6.06. The number of primary amides is 1. The van der Waals surface area contributed by atoms with Crippen molar-refractivity contribution in [1.82, 2.24) is 19.9 Å². The zero-order valence-electron chi connectivity index (χ0n) is 14.9. The summed E-state index contributed by atoms with van der Waals surface area (Å²) in [5.74, 6) is -0.00820. The van der Waals surface area contributed by atoms with Gasteiger partial charge in [0.2, 0.25) is 5.95 Å². The van der Waals surface area contributed by atoms with E-state index in [4.69, 9.17) is 5.73 Å². The molecule has 0 bridgehead atoms. The molecule has 1 amide bonds. The molecule has 1 unspecified atom stereocenters. The lowest BCUT2D eigenvalue weighted by molar-refractivity contribution is -0.113. The predicted octanol–water partition coefficient (Wildman–Crippen LogP) is 2.67. The Labute approximate surface area is 166 Å². The average molecular weight is 390 g/mol. The number of nitrogens with two attached hydrogens (primary N) is 1. The standard InChI is InChI=1S/C20H18N6OS/c21-18(27)17-16(15-9-4-5-10-22-15)26(13-14-7-2-1-3-8-14)20(28-17)25-19-23-11-6-12-24-19/h1-12,20H,13H2,(H2,21,27)(H,23,24,25). The molecule has 7 nitrogen and oxygen atoms in total. The van der Waals surface area contributed by atoms with Gasteiger partial charge in [-0.05, 0) is 23.8 Å². The van der Waals surface area contributed by atoms with E-state index in [0.717, 1.165) is 5.56 Å². The second kappa shape index (κ2) is 8.10. The number of nitrogens with zero attached hydrogens (tertiary/aromatic N) is 4. The van der Waals surface area contributed by atoms with Crippen LogP contribution in [-0.2, 0) is 11.3 Å². The molecule has 140 valence electrons. The number of pyridine rings is 1. The number of carbonyl (C=O) groups is 1. The van der Waals surface area contributed by atoms with Crippen LogP contribution in [0.2, 0.25) is 0 Å². The van der Waals surface area contributed by atoms with Crippen molar-refractivity contribution >= 4 is 29.3 Å². The van der Waals surface area contributed by atoms with E-state index < -0.39 is 5.91 Å². The van der Waals surface area contributed by atoms with E-state index in [9.17, 15) is 4.79 Å². The normalized spacial score (nSPS) is 16.3. The van der Waals surface area contributed by atoms with Crippen molar-refractivity contribution in [3.8, 4) is 0 Å². The number of amides is 1. The first kappa shape index (κ1) is 18.0. The molecule has 1 aliphatic rings. The molecular formula is C20H18N6OS. The van der Waals surface area contributed by atoms with E-state index in [0.29, 0.717) is 28.8 Å². The number of carbonyl (C=O) groups excluding carboxylic acids is 1. The Kier molecular flexibility index (Phi) is 5.20. The fraction of sp³-hybridized carbons (Fsp3) is 0.100. The quantitative estimate of drug-likeness (QED) is 0.668. The number of nitrogens with one attached hydrogen (secondary N) is 1. The lowest BCUT2D eigenvalue weighted by atomic mass is 10.1. The van der Waals surface area contributed by atoms with Gasteiger partial charge in [0.1, 0.15) is 4.91 Å². The van der Waals surface area contributed by atoms with E-state index in [2.05, 4.69) is 25.2 Å². The zero-order chi connectivity index (χ0) is 19.3. The van der Waals surface area contributed by atoms with Gasteiger partial charge in [0, 0.05) is 25.1 Å². The minimum atomic E-state index is -0.484. The molecule has 0 spiro atoms. The van der Waals surface area contributed by atoms with Gasteiger partial charge in [-0.1, -0.05) is 48.2 Å². The maximum atomic E-state index is 12.2. The summed E-state index contributed by atoms with van der Waals surface area (Å²) in [6.07, 6.45) is 5.03. The van der Waals surface area contributed by atoms with Gasteiger partial charge >= 0.3 is 0 Å².